The molecule has 2 aliphatic rings. The molecule has 8 heteroatoms. The third-order valence-electron chi connectivity index (χ3n) is 5.58. The number of benzene rings is 2. The second-order valence-corrected chi connectivity index (χ2v) is 7.97. The Morgan fingerprint density at radius 3 is 2.53 bits per heavy atom. The molecular formula is C22H24N4O3S. The van der Waals surface area contributed by atoms with Crippen molar-refractivity contribution in [3.8, 4) is 0 Å². The fraction of sp³-hybridized carbons (Fsp3) is 0.318. The Morgan fingerprint density at radius 1 is 1.10 bits per heavy atom. The molecule has 156 valence electrons. The van der Waals surface area contributed by atoms with Gasteiger partial charge >= 0.3 is 6.09 Å². The van der Waals surface area contributed by atoms with Crippen LogP contribution in [0.1, 0.15) is 34.9 Å². The number of nitrogens with one attached hydrogen (secondary N) is 1. The van der Waals surface area contributed by atoms with E-state index in [4.69, 9.17) is 22.7 Å². The van der Waals surface area contributed by atoms with Crippen LogP contribution in [0.25, 0.3) is 0 Å². The smallest absolute Gasteiger partial charge is 0.410 e. The van der Waals surface area contributed by atoms with Crippen molar-refractivity contribution in [2.45, 2.75) is 25.0 Å². The molecule has 0 bridgehead atoms. The number of carbonyl (C=O) groups is 2. The number of thiocarbonyl (C=S) groups is 1. The summed E-state index contributed by atoms with van der Waals surface area (Å²) in [6.45, 7) is 1.74. The van der Waals surface area contributed by atoms with Gasteiger partial charge in [0, 0.05) is 30.4 Å². The highest BCUT2D eigenvalue weighted by atomic mass is 32.1. The number of hydrogen-bond acceptors (Lipinski definition) is 4. The molecule has 2 heterocycles. The van der Waals surface area contributed by atoms with Crippen molar-refractivity contribution in [2.75, 3.05) is 25.0 Å². The SMILES string of the molecule is NC(=S)Nc1cccc(C(=O)N2CCC(N3CC(c4ccccc4)OC3=O)CC2)c1. The number of carbonyl (C=O) groups excluding carboxylic acids is 2. The van der Waals surface area contributed by atoms with Gasteiger partial charge in [-0.25, -0.2) is 4.79 Å². The maximum Gasteiger partial charge on any atom is 0.410 e. The zero-order valence-corrected chi connectivity index (χ0v) is 17.3. The molecule has 2 aliphatic heterocycles. The van der Waals surface area contributed by atoms with Gasteiger partial charge in [0.25, 0.3) is 5.91 Å². The molecule has 1 atom stereocenters. The average molecular weight is 425 g/mol. The summed E-state index contributed by atoms with van der Waals surface area (Å²) in [5.74, 6) is -0.0359. The summed E-state index contributed by atoms with van der Waals surface area (Å²) in [7, 11) is 0. The van der Waals surface area contributed by atoms with Gasteiger partial charge in [-0.05, 0) is 48.8 Å². The molecule has 1 unspecified atom stereocenters. The molecule has 3 N–H and O–H groups in total. The summed E-state index contributed by atoms with van der Waals surface area (Å²) in [6.07, 6.45) is 0.952. The minimum Gasteiger partial charge on any atom is -0.439 e. The largest absolute Gasteiger partial charge is 0.439 e. The van der Waals surface area contributed by atoms with Crippen molar-refractivity contribution in [3.63, 3.8) is 0 Å². The van der Waals surface area contributed by atoms with Crippen molar-refractivity contribution < 1.29 is 14.3 Å². The number of ether oxygens (including phenoxy) is 1. The number of nitrogens with two attached hydrogens (primary N) is 1. The Balaban J connectivity index is 1.35. The number of nitrogens with zero attached hydrogens (tertiary/aromatic N) is 2. The van der Waals surface area contributed by atoms with Crippen LogP contribution >= 0.6 is 12.2 Å². The molecule has 4 rings (SSSR count). The summed E-state index contributed by atoms with van der Waals surface area (Å²) >= 11 is 4.85. The minimum absolute atomic E-state index is 0.0359. The number of amides is 2. The van der Waals surface area contributed by atoms with E-state index in [0.717, 1.165) is 18.4 Å². The number of hydrogen-bond donors (Lipinski definition) is 2. The van der Waals surface area contributed by atoms with Crippen LogP contribution in [0.5, 0.6) is 0 Å². The Morgan fingerprint density at radius 2 is 1.83 bits per heavy atom. The van der Waals surface area contributed by atoms with Crippen LogP contribution < -0.4 is 11.1 Å². The minimum atomic E-state index is -0.273. The number of cyclic esters (lactones) is 1. The topological polar surface area (TPSA) is 87.9 Å². The molecule has 7 nitrogen and oxygen atoms in total. The second kappa shape index (κ2) is 8.71. The molecule has 2 fully saturated rings. The fourth-order valence-electron chi connectivity index (χ4n) is 4.05. The quantitative estimate of drug-likeness (QED) is 0.733. The van der Waals surface area contributed by atoms with Gasteiger partial charge in [-0.15, -0.1) is 0 Å². The lowest BCUT2D eigenvalue weighted by atomic mass is 10.0. The maximum atomic E-state index is 12.9. The Bertz CT molecular complexity index is 944. The normalized spacial score (nSPS) is 19.5. The lowest BCUT2D eigenvalue weighted by Gasteiger charge is -2.35. The highest BCUT2D eigenvalue weighted by molar-refractivity contribution is 7.80. The molecule has 0 saturated carbocycles. The summed E-state index contributed by atoms with van der Waals surface area (Å²) in [4.78, 5) is 28.9. The van der Waals surface area contributed by atoms with Crippen LogP contribution in [0.3, 0.4) is 0 Å². The van der Waals surface area contributed by atoms with E-state index in [0.29, 0.717) is 30.9 Å². The van der Waals surface area contributed by atoms with Crippen LogP contribution in [-0.2, 0) is 4.74 Å². The first-order valence-electron chi connectivity index (χ1n) is 9.99. The van der Waals surface area contributed by atoms with E-state index in [2.05, 4.69) is 5.32 Å². The van der Waals surface area contributed by atoms with Crippen molar-refractivity contribution >= 4 is 35.0 Å². The lowest BCUT2D eigenvalue weighted by Crippen LogP contribution is -2.47. The number of anilines is 1. The fourth-order valence-corrected chi connectivity index (χ4v) is 4.17. The second-order valence-electron chi connectivity index (χ2n) is 7.53. The van der Waals surface area contributed by atoms with Crippen LogP contribution in [0.15, 0.2) is 54.6 Å². The zero-order chi connectivity index (χ0) is 21.1. The predicted molar refractivity (Wildman–Crippen MR) is 118 cm³/mol. The maximum absolute atomic E-state index is 12.9. The zero-order valence-electron chi connectivity index (χ0n) is 16.5. The van der Waals surface area contributed by atoms with Gasteiger partial charge in [0.15, 0.2) is 5.11 Å². The molecule has 2 aromatic carbocycles. The van der Waals surface area contributed by atoms with E-state index < -0.39 is 0 Å². The van der Waals surface area contributed by atoms with E-state index in [-0.39, 0.29) is 29.3 Å². The van der Waals surface area contributed by atoms with Gasteiger partial charge in [-0.2, -0.15) is 0 Å². The van der Waals surface area contributed by atoms with Gasteiger partial charge in [0.2, 0.25) is 0 Å². The summed E-state index contributed by atoms with van der Waals surface area (Å²) in [5, 5.41) is 3.01. The Labute approximate surface area is 180 Å². The highest BCUT2D eigenvalue weighted by Gasteiger charge is 2.38. The third kappa shape index (κ3) is 4.38. The first kappa shape index (κ1) is 20.2. The van der Waals surface area contributed by atoms with Gasteiger partial charge in [0.05, 0.1) is 6.54 Å². The van der Waals surface area contributed by atoms with Gasteiger partial charge in [-0.3, -0.25) is 4.79 Å². The molecule has 2 aromatic rings. The van der Waals surface area contributed by atoms with E-state index >= 15 is 0 Å². The van der Waals surface area contributed by atoms with E-state index in [1.165, 1.54) is 0 Å². The Kier molecular flexibility index (Phi) is 5.85. The first-order chi connectivity index (χ1) is 14.5. The molecular weight excluding hydrogens is 400 g/mol. The number of rotatable bonds is 4. The Hall–Kier alpha value is -3.13. The van der Waals surface area contributed by atoms with Crippen LogP contribution in [-0.4, -0.2) is 52.6 Å². The molecule has 0 spiro atoms. The molecule has 0 radical (unpaired) electrons. The van der Waals surface area contributed by atoms with E-state index in [1.807, 2.05) is 46.2 Å². The van der Waals surface area contributed by atoms with Crippen LogP contribution in [0.4, 0.5) is 10.5 Å². The predicted octanol–water partition coefficient (Wildman–Crippen LogP) is 3.14. The van der Waals surface area contributed by atoms with E-state index in [1.54, 1.807) is 18.2 Å². The first-order valence-corrected chi connectivity index (χ1v) is 10.4. The van der Waals surface area contributed by atoms with Crippen molar-refractivity contribution in [3.05, 3.63) is 65.7 Å². The lowest BCUT2D eigenvalue weighted by molar-refractivity contribution is 0.0658. The van der Waals surface area contributed by atoms with Gasteiger partial charge in [0.1, 0.15) is 6.10 Å². The van der Waals surface area contributed by atoms with Crippen LogP contribution in [0, 0.1) is 0 Å². The summed E-state index contributed by atoms with van der Waals surface area (Å²) in [6, 6.07) is 17.0. The molecule has 30 heavy (non-hydrogen) atoms. The molecule has 0 aromatic heterocycles. The van der Waals surface area contributed by atoms with Crippen molar-refractivity contribution in [1.82, 2.24) is 9.80 Å². The highest BCUT2D eigenvalue weighted by Crippen LogP contribution is 2.30. The standard InChI is InChI=1S/C22H24N4O3S/c23-21(30)24-17-8-4-7-16(13-17)20(27)25-11-9-18(10-12-25)26-14-19(29-22(26)28)15-5-2-1-3-6-15/h1-8,13,18-19H,9-12,14H2,(H3,23,24,30). The molecule has 2 amide bonds. The molecule has 0 aliphatic carbocycles. The molecule has 2 saturated heterocycles. The van der Waals surface area contributed by atoms with Gasteiger partial charge in [-0.1, -0.05) is 36.4 Å². The van der Waals surface area contributed by atoms with Crippen molar-refractivity contribution in [2.24, 2.45) is 5.73 Å². The van der Waals surface area contributed by atoms with E-state index in [9.17, 15) is 9.59 Å². The number of piperidine rings is 1. The van der Waals surface area contributed by atoms with Gasteiger partial charge < -0.3 is 25.6 Å². The monoisotopic (exact) mass is 424 g/mol. The summed E-state index contributed by atoms with van der Waals surface area (Å²) < 4.78 is 5.58. The number of likely N-dealkylation sites (tertiary alicyclic amines) is 1. The average Bonchev–Trinajstić information content (AvgIpc) is 3.15. The van der Waals surface area contributed by atoms with Crippen molar-refractivity contribution in [1.29, 1.82) is 0 Å². The third-order valence-corrected chi connectivity index (χ3v) is 5.68. The van der Waals surface area contributed by atoms with Crippen LogP contribution in [0.2, 0.25) is 0 Å². The summed E-state index contributed by atoms with van der Waals surface area (Å²) in [5.41, 5.74) is 7.79.